The zero-order chi connectivity index (χ0) is 11.1. The van der Waals surface area contributed by atoms with Gasteiger partial charge in [-0.3, -0.25) is 14.9 Å². The monoisotopic (exact) mass is 203 g/mol. The molecule has 0 radical (unpaired) electrons. The van der Waals surface area contributed by atoms with Crippen molar-refractivity contribution in [3.63, 3.8) is 0 Å². The van der Waals surface area contributed by atoms with Gasteiger partial charge in [0.2, 0.25) is 5.91 Å². The van der Waals surface area contributed by atoms with E-state index in [1.807, 2.05) is 0 Å². The number of carbonyl (C=O) groups is 2. The van der Waals surface area contributed by atoms with E-state index in [9.17, 15) is 9.59 Å². The summed E-state index contributed by atoms with van der Waals surface area (Å²) in [4.78, 5) is 21.9. The van der Waals surface area contributed by atoms with Gasteiger partial charge in [0, 0.05) is 0 Å². The van der Waals surface area contributed by atoms with Crippen LogP contribution in [0.2, 0.25) is 0 Å². The number of Topliss-reactive ketones (excluding diaryl/α,β-unsaturated/α-hetero) is 1. The maximum atomic E-state index is 11.3. The topological polar surface area (TPSA) is 104 Å². The first-order valence-corrected chi connectivity index (χ1v) is 4.36. The molecule has 0 heterocycles. The Bertz CT molecular complexity index is 208. The summed E-state index contributed by atoms with van der Waals surface area (Å²) in [5.41, 5.74) is 4.95. The molecule has 0 aromatic rings. The summed E-state index contributed by atoms with van der Waals surface area (Å²) in [6.45, 7) is 1.31. The van der Waals surface area contributed by atoms with Gasteiger partial charge in [0.15, 0.2) is 5.78 Å². The average Bonchev–Trinajstić information content (AvgIpc) is 2.16. The predicted molar refractivity (Wildman–Crippen MR) is 51.6 cm³/mol. The molecule has 0 aromatic heterocycles. The second kappa shape index (κ2) is 6.47. The normalized spacial score (nSPS) is 14.8. The summed E-state index contributed by atoms with van der Waals surface area (Å²) in [5.74, 6) is -0.760. The molecule has 82 valence electrons. The van der Waals surface area contributed by atoms with Crippen LogP contribution in [0.5, 0.6) is 0 Å². The third-order valence-electron chi connectivity index (χ3n) is 1.96. The van der Waals surface area contributed by atoms with E-state index >= 15 is 0 Å². The third-order valence-corrected chi connectivity index (χ3v) is 1.96. The Morgan fingerprint density at radius 1 is 1.50 bits per heavy atom. The first-order valence-electron chi connectivity index (χ1n) is 4.36. The summed E-state index contributed by atoms with van der Waals surface area (Å²) in [7, 11) is 1.67. The molecular weight excluding hydrogens is 186 g/mol. The molecule has 1 unspecified atom stereocenters. The zero-order valence-electron chi connectivity index (χ0n) is 8.41. The number of ketones is 1. The van der Waals surface area contributed by atoms with E-state index in [2.05, 4.69) is 10.6 Å². The van der Waals surface area contributed by atoms with Gasteiger partial charge in [-0.15, -0.1) is 0 Å². The van der Waals surface area contributed by atoms with E-state index < -0.39 is 18.6 Å². The smallest absolute Gasteiger partial charge is 0.236 e. The molecule has 0 saturated carbocycles. The maximum Gasteiger partial charge on any atom is 0.236 e. The van der Waals surface area contributed by atoms with Crippen molar-refractivity contribution in [2.24, 2.45) is 5.73 Å². The zero-order valence-corrected chi connectivity index (χ0v) is 8.41. The van der Waals surface area contributed by atoms with Crippen molar-refractivity contribution in [1.29, 1.82) is 0 Å². The van der Waals surface area contributed by atoms with Crippen molar-refractivity contribution in [3.05, 3.63) is 0 Å². The highest BCUT2D eigenvalue weighted by atomic mass is 16.3. The first-order chi connectivity index (χ1) is 6.52. The van der Waals surface area contributed by atoms with Gasteiger partial charge in [-0.2, -0.15) is 0 Å². The van der Waals surface area contributed by atoms with E-state index in [0.717, 1.165) is 0 Å². The molecule has 0 saturated heterocycles. The summed E-state index contributed by atoms with van der Waals surface area (Å²) in [6, 6.07) is -1.14. The highest BCUT2D eigenvalue weighted by Gasteiger charge is 2.16. The largest absolute Gasteiger partial charge is 0.394 e. The predicted octanol–water partition coefficient (Wildman–Crippen LogP) is -2.40. The Morgan fingerprint density at radius 2 is 2.07 bits per heavy atom. The van der Waals surface area contributed by atoms with Gasteiger partial charge >= 0.3 is 0 Å². The third kappa shape index (κ3) is 4.31. The highest BCUT2D eigenvalue weighted by Crippen LogP contribution is 1.84. The van der Waals surface area contributed by atoms with Crippen LogP contribution in [0.1, 0.15) is 6.92 Å². The number of nitrogens with one attached hydrogen (secondary N) is 2. The number of aliphatic hydroxyl groups excluding tert-OH is 1. The van der Waals surface area contributed by atoms with Crippen LogP contribution in [0, 0.1) is 0 Å². The Hall–Kier alpha value is -0.980. The fraction of sp³-hybridized carbons (Fsp3) is 0.750. The van der Waals surface area contributed by atoms with Crippen LogP contribution >= 0.6 is 0 Å². The van der Waals surface area contributed by atoms with Crippen molar-refractivity contribution in [2.75, 3.05) is 20.2 Å². The Morgan fingerprint density at radius 3 is 2.43 bits per heavy atom. The number of rotatable bonds is 7. The summed E-state index contributed by atoms with van der Waals surface area (Å²) in [5, 5.41) is 14.1. The Balaban J connectivity index is 3.91. The molecule has 0 aromatic carbocycles. The van der Waals surface area contributed by atoms with Crippen molar-refractivity contribution in [3.8, 4) is 0 Å². The number of aliphatic hydroxyl groups is 1. The van der Waals surface area contributed by atoms with Gasteiger partial charge in [-0.05, 0) is 14.0 Å². The lowest BCUT2D eigenvalue weighted by molar-refractivity contribution is -0.122. The van der Waals surface area contributed by atoms with Gasteiger partial charge in [-0.1, -0.05) is 0 Å². The highest BCUT2D eigenvalue weighted by molar-refractivity contribution is 5.86. The van der Waals surface area contributed by atoms with Gasteiger partial charge in [0.05, 0.1) is 19.2 Å². The number of primary amides is 1. The van der Waals surface area contributed by atoms with Gasteiger partial charge in [0.25, 0.3) is 0 Å². The van der Waals surface area contributed by atoms with Crippen molar-refractivity contribution < 1.29 is 14.7 Å². The number of hydrogen-bond acceptors (Lipinski definition) is 5. The van der Waals surface area contributed by atoms with Gasteiger partial charge < -0.3 is 16.2 Å². The van der Waals surface area contributed by atoms with Gasteiger partial charge in [0.1, 0.15) is 6.04 Å². The van der Waals surface area contributed by atoms with Crippen LogP contribution in [-0.4, -0.2) is 49.1 Å². The van der Waals surface area contributed by atoms with Crippen molar-refractivity contribution in [2.45, 2.75) is 19.0 Å². The van der Waals surface area contributed by atoms with Crippen LogP contribution in [0.4, 0.5) is 0 Å². The molecule has 0 spiro atoms. The fourth-order valence-corrected chi connectivity index (χ4v) is 0.793. The SMILES string of the molecule is CNC(C)C(=O)CN[C@@H](CO)C(N)=O. The molecule has 0 bridgehead atoms. The number of likely N-dealkylation sites (N-methyl/N-ethyl adjacent to an activating group) is 1. The number of carbonyl (C=O) groups excluding carboxylic acids is 2. The number of nitrogens with two attached hydrogens (primary N) is 1. The van der Waals surface area contributed by atoms with Crippen LogP contribution < -0.4 is 16.4 Å². The van der Waals surface area contributed by atoms with E-state index in [4.69, 9.17) is 10.8 Å². The lowest BCUT2D eigenvalue weighted by Crippen LogP contribution is -2.48. The number of hydrogen-bond donors (Lipinski definition) is 4. The maximum absolute atomic E-state index is 11.3. The van der Waals surface area contributed by atoms with Crippen molar-refractivity contribution >= 4 is 11.7 Å². The fourth-order valence-electron chi connectivity index (χ4n) is 0.793. The van der Waals surface area contributed by atoms with Crippen LogP contribution in [0.3, 0.4) is 0 Å². The minimum atomic E-state index is -0.858. The van der Waals surface area contributed by atoms with Crippen LogP contribution in [0.15, 0.2) is 0 Å². The van der Waals surface area contributed by atoms with E-state index in [1.54, 1.807) is 14.0 Å². The van der Waals surface area contributed by atoms with E-state index in [0.29, 0.717) is 0 Å². The molecule has 0 aliphatic rings. The summed E-state index contributed by atoms with van der Waals surface area (Å²) in [6.07, 6.45) is 0. The molecule has 6 heteroatoms. The molecule has 2 atom stereocenters. The second-order valence-corrected chi connectivity index (χ2v) is 3.00. The quantitative estimate of drug-likeness (QED) is 0.369. The molecule has 1 amide bonds. The lowest BCUT2D eigenvalue weighted by Gasteiger charge is -2.14. The van der Waals surface area contributed by atoms with Gasteiger partial charge in [-0.25, -0.2) is 0 Å². The minimum Gasteiger partial charge on any atom is -0.394 e. The first kappa shape index (κ1) is 13.0. The molecular formula is C8H17N3O3. The number of amides is 1. The lowest BCUT2D eigenvalue weighted by atomic mass is 10.2. The molecule has 14 heavy (non-hydrogen) atoms. The molecule has 6 nitrogen and oxygen atoms in total. The average molecular weight is 203 g/mol. The minimum absolute atomic E-state index is 0.0101. The summed E-state index contributed by atoms with van der Waals surface area (Å²) >= 11 is 0. The van der Waals surface area contributed by atoms with E-state index in [-0.39, 0.29) is 18.4 Å². The van der Waals surface area contributed by atoms with Crippen LogP contribution in [0.25, 0.3) is 0 Å². The van der Waals surface area contributed by atoms with Crippen LogP contribution in [-0.2, 0) is 9.59 Å². The standard InChI is InChI=1S/C8H17N3O3/c1-5(10-2)7(13)3-11-6(4-12)8(9)14/h5-6,10-12H,3-4H2,1-2H3,(H2,9,14)/t5?,6-/m0/s1. The molecule has 0 rings (SSSR count). The Labute approximate surface area is 82.9 Å². The van der Waals surface area contributed by atoms with E-state index in [1.165, 1.54) is 0 Å². The summed E-state index contributed by atoms with van der Waals surface area (Å²) < 4.78 is 0. The molecule has 0 aliphatic heterocycles. The molecule has 0 aliphatic carbocycles. The molecule has 5 N–H and O–H groups in total. The second-order valence-electron chi connectivity index (χ2n) is 3.00. The molecule has 0 fully saturated rings. The Kier molecular flexibility index (Phi) is 6.02. The van der Waals surface area contributed by atoms with Crippen molar-refractivity contribution in [1.82, 2.24) is 10.6 Å².